The topological polar surface area (TPSA) is 30.5 Å². The molecule has 0 aromatic heterocycles. The summed E-state index contributed by atoms with van der Waals surface area (Å²) in [5.41, 5.74) is 2.55. The van der Waals surface area contributed by atoms with Crippen LogP contribution in [0.15, 0.2) is 12.1 Å². The average Bonchev–Trinajstić information content (AvgIpc) is 2.47. The van der Waals surface area contributed by atoms with E-state index in [1.54, 1.807) is 14.2 Å². The number of hydrogen-bond donors (Lipinski definition) is 1. The fourth-order valence-corrected chi connectivity index (χ4v) is 2.60. The van der Waals surface area contributed by atoms with Crippen LogP contribution in [-0.2, 0) is 0 Å². The van der Waals surface area contributed by atoms with E-state index < -0.39 is 0 Å². The van der Waals surface area contributed by atoms with Crippen LogP contribution < -0.4 is 14.8 Å². The van der Waals surface area contributed by atoms with Crippen LogP contribution in [0.5, 0.6) is 11.5 Å². The maximum Gasteiger partial charge on any atom is 0.161 e. The molecule has 0 saturated carbocycles. The van der Waals surface area contributed by atoms with Gasteiger partial charge in [0.05, 0.1) is 14.2 Å². The van der Waals surface area contributed by atoms with Gasteiger partial charge in [0.2, 0.25) is 0 Å². The molecule has 0 bridgehead atoms. The number of hydrogen-bond acceptors (Lipinski definition) is 3. The fourth-order valence-electron chi connectivity index (χ4n) is 2.60. The summed E-state index contributed by atoms with van der Waals surface area (Å²) in [5, 5.41) is 3.43. The van der Waals surface area contributed by atoms with E-state index in [-0.39, 0.29) is 0 Å². The van der Waals surface area contributed by atoms with Crippen LogP contribution in [-0.4, -0.2) is 21.3 Å². The number of rotatable bonds is 9. The normalized spacial score (nSPS) is 12.2. The molecule has 1 aromatic carbocycles. The zero-order valence-electron chi connectivity index (χ0n) is 13.6. The Morgan fingerprint density at radius 1 is 1.05 bits per heavy atom. The highest BCUT2D eigenvalue weighted by Gasteiger charge is 2.15. The smallest absolute Gasteiger partial charge is 0.161 e. The van der Waals surface area contributed by atoms with Crippen molar-refractivity contribution >= 4 is 0 Å². The van der Waals surface area contributed by atoms with Crippen LogP contribution in [0.4, 0.5) is 0 Å². The largest absolute Gasteiger partial charge is 0.493 e. The Labute approximate surface area is 123 Å². The number of nitrogens with one attached hydrogen (secondary N) is 1. The van der Waals surface area contributed by atoms with Crippen molar-refractivity contribution in [1.82, 2.24) is 5.32 Å². The molecule has 1 unspecified atom stereocenters. The van der Waals surface area contributed by atoms with Gasteiger partial charge in [-0.15, -0.1) is 0 Å². The van der Waals surface area contributed by atoms with E-state index in [2.05, 4.69) is 31.3 Å². The molecule has 0 spiro atoms. The predicted molar refractivity (Wildman–Crippen MR) is 84.8 cm³/mol. The van der Waals surface area contributed by atoms with Crippen LogP contribution in [0, 0.1) is 6.92 Å². The van der Waals surface area contributed by atoms with E-state index in [1.165, 1.54) is 36.8 Å². The first-order valence-electron chi connectivity index (χ1n) is 7.57. The lowest BCUT2D eigenvalue weighted by Crippen LogP contribution is -2.17. The van der Waals surface area contributed by atoms with Crippen LogP contribution in [0.1, 0.15) is 56.2 Å². The third-order valence-corrected chi connectivity index (χ3v) is 3.84. The van der Waals surface area contributed by atoms with E-state index in [1.807, 2.05) is 7.05 Å². The van der Waals surface area contributed by atoms with Gasteiger partial charge in [-0.2, -0.15) is 0 Å². The van der Waals surface area contributed by atoms with Gasteiger partial charge in [0.15, 0.2) is 11.5 Å². The molecule has 0 aliphatic rings. The molecule has 20 heavy (non-hydrogen) atoms. The number of benzene rings is 1. The van der Waals surface area contributed by atoms with Crippen molar-refractivity contribution in [1.29, 1.82) is 0 Å². The lowest BCUT2D eigenvalue weighted by atomic mass is 9.95. The molecule has 0 amide bonds. The summed E-state index contributed by atoms with van der Waals surface area (Å²) in [6.07, 6.45) is 6.32. The maximum atomic E-state index is 5.42. The van der Waals surface area contributed by atoms with Crippen LogP contribution in [0.25, 0.3) is 0 Å². The standard InChI is InChI=1S/C17H29NO2/c1-6-7-8-9-10-15(18-3)14-12-17(20-5)16(19-4)11-13(14)2/h11-12,15,18H,6-10H2,1-5H3. The first-order valence-corrected chi connectivity index (χ1v) is 7.57. The maximum absolute atomic E-state index is 5.42. The van der Waals surface area contributed by atoms with Crippen molar-refractivity contribution in [3.63, 3.8) is 0 Å². The highest BCUT2D eigenvalue weighted by molar-refractivity contribution is 5.48. The second kappa shape index (κ2) is 8.85. The van der Waals surface area contributed by atoms with Crippen molar-refractivity contribution in [3.8, 4) is 11.5 Å². The van der Waals surface area contributed by atoms with Gasteiger partial charge in [-0.3, -0.25) is 0 Å². The Hall–Kier alpha value is -1.22. The molecule has 1 N–H and O–H groups in total. The zero-order chi connectivity index (χ0) is 15.0. The molecule has 0 aliphatic heterocycles. The minimum atomic E-state index is 0.381. The first kappa shape index (κ1) is 16.8. The van der Waals surface area contributed by atoms with Gasteiger partial charge in [0.25, 0.3) is 0 Å². The number of methoxy groups -OCH3 is 2. The van der Waals surface area contributed by atoms with Crippen molar-refractivity contribution in [2.75, 3.05) is 21.3 Å². The third-order valence-electron chi connectivity index (χ3n) is 3.84. The molecule has 0 radical (unpaired) electrons. The Balaban J connectivity index is 2.85. The molecule has 1 atom stereocenters. The molecular weight excluding hydrogens is 250 g/mol. The summed E-state index contributed by atoms with van der Waals surface area (Å²) in [5.74, 6) is 1.61. The quantitative estimate of drug-likeness (QED) is 0.686. The first-order chi connectivity index (χ1) is 9.67. The summed E-state index contributed by atoms with van der Waals surface area (Å²) in [4.78, 5) is 0. The van der Waals surface area contributed by atoms with E-state index >= 15 is 0 Å². The number of unbranched alkanes of at least 4 members (excludes halogenated alkanes) is 3. The minimum Gasteiger partial charge on any atom is -0.493 e. The summed E-state index contributed by atoms with van der Waals surface area (Å²) >= 11 is 0. The van der Waals surface area contributed by atoms with Gasteiger partial charge in [-0.1, -0.05) is 32.6 Å². The van der Waals surface area contributed by atoms with E-state index in [0.717, 1.165) is 17.9 Å². The van der Waals surface area contributed by atoms with Crippen molar-refractivity contribution in [2.45, 2.75) is 52.0 Å². The monoisotopic (exact) mass is 279 g/mol. The average molecular weight is 279 g/mol. The predicted octanol–water partition coefficient (Wildman–Crippen LogP) is 4.24. The van der Waals surface area contributed by atoms with Gasteiger partial charge in [0, 0.05) is 6.04 Å². The van der Waals surface area contributed by atoms with Crippen LogP contribution in [0.3, 0.4) is 0 Å². The Morgan fingerprint density at radius 2 is 1.70 bits per heavy atom. The molecule has 114 valence electrons. The van der Waals surface area contributed by atoms with Crippen molar-refractivity contribution in [2.24, 2.45) is 0 Å². The molecule has 0 fully saturated rings. The third kappa shape index (κ3) is 4.41. The minimum absolute atomic E-state index is 0.381. The van der Waals surface area contributed by atoms with Crippen LogP contribution in [0.2, 0.25) is 0 Å². The molecule has 0 aliphatic carbocycles. The Morgan fingerprint density at radius 3 is 2.25 bits per heavy atom. The summed E-state index contributed by atoms with van der Waals surface area (Å²) in [6, 6.07) is 4.55. The zero-order valence-corrected chi connectivity index (χ0v) is 13.6. The Bertz CT molecular complexity index is 404. The lowest BCUT2D eigenvalue weighted by Gasteiger charge is -2.21. The molecular formula is C17H29NO2. The van der Waals surface area contributed by atoms with Gasteiger partial charge in [-0.05, 0) is 43.7 Å². The van der Waals surface area contributed by atoms with Crippen molar-refractivity contribution < 1.29 is 9.47 Å². The molecule has 3 nitrogen and oxygen atoms in total. The molecule has 0 saturated heterocycles. The highest BCUT2D eigenvalue weighted by atomic mass is 16.5. The van der Waals surface area contributed by atoms with Crippen molar-refractivity contribution in [3.05, 3.63) is 23.3 Å². The summed E-state index contributed by atoms with van der Waals surface area (Å²) in [7, 11) is 5.39. The van der Waals surface area contributed by atoms with Gasteiger partial charge in [-0.25, -0.2) is 0 Å². The fraction of sp³-hybridized carbons (Fsp3) is 0.647. The van der Waals surface area contributed by atoms with Crippen LogP contribution >= 0.6 is 0 Å². The SMILES string of the molecule is CCCCCCC(NC)c1cc(OC)c(OC)cc1C. The number of aryl methyl sites for hydroxylation is 1. The molecule has 1 aromatic rings. The summed E-state index contributed by atoms with van der Waals surface area (Å²) < 4.78 is 10.8. The van der Waals surface area contributed by atoms with Gasteiger partial charge in [0.1, 0.15) is 0 Å². The van der Waals surface area contributed by atoms with E-state index in [9.17, 15) is 0 Å². The summed E-state index contributed by atoms with van der Waals surface area (Å²) in [6.45, 7) is 4.38. The number of ether oxygens (including phenoxy) is 2. The molecule has 1 rings (SSSR count). The lowest BCUT2D eigenvalue weighted by molar-refractivity contribution is 0.353. The van der Waals surface area contributed by atoms with E-state index in [4.69, 9.17) is 9.47 Å². The Kier molecular flexibility index (Phi) is 7.45. The molecule has 0 heterocycles. The highest BCUT2D eigenvalue weighted by Crippen LogP contribution is 2.34. The second-order valence-corrected chi connectivity index (χ2v) is 5.25. The van der Waals surface area contributed by atoms with E-state index in [0.29, 0.717) is 6.04 Å². The van der Waals surface area contributed by atoms with Gasteiger partial charge >= 0.3 is 0 Å². The van der Waals surface area contributed by atoms with Gasteiger partial charge < -0.3 is 14.8 Å². The second-order valence-electron chi connectivity index (χ2n) is 5.25. The molecule has 3 heteroatoms.